The van der Waals surface area contributed by atoms with Crippen molar-refractivity contribution in [3.8, 4) is 5.75 Å². The molecular formula is C17H23N3O2. The van der Waals surface area contributed by atoms with Crippen molar-refractivity contribution in [2.75, 3.05) is 13.2 Å². The van der Waals surface area contributed by atoms with Crippen LogP contribution >= 0.6 is 0 Å². The van der Waals surface area contributed by atoms with Crippen LogP contribution in [0.4, 0.5) is 0 Å². The molecule has 5 nitrogen and oxygen atoms in total. The lowest BCUT2D eigenvalue weighted by Crippen LogP contribution is -2.18. The van der Waals surface area contributed by atoms with E-state index in [9.17, 15) is 4.79 Å². The van der Waals surface area contributed by atoms with E-state index >= 15 is 0 Å². The van der Waals surface area contributed by atoms with Gasteiger partial charge in [0.1, 0.15) is 5.69 Å². The number of nitrogens with one attached hydrogen (secondary N) is 1. The summed E-state index contributed by atoms with van der Waals surface area (Å²) in [4.78, 5) is 17.1. The van der Waals surface area contributed by atoms with Crippen molar-refractivity contribution in [1.29, 1.82) is 0 Å². The number of nitrogens with zero attached hydrogens (tertiary/aromatic N) is 2. The van der Waals surface area contributed by atoms with E-state index in [1.165, 1.54) is 12.8 Å². The van der Waals surface area contributed by atoms with E-state index in [4.69, 9.17) is 4.74 Å². The Kier molecular flexibility index (Phi) is 4.43. The van der Waals surface area contributed by atoms with Gasteiger partial charge in [-0.25, -0.2) is 4.98 Å². The van der Waals surface area contributed by atoms with Crippen LogP contribution in [-0.4, -0.2) is 34.4 Å². The average molecular weight is 301 g/mol. The van der Waals surface area contributed by atoms with E-state index in [0.717, 1.165) is 30.1 Å². The van der Waals surface area contributed by atoms with Crippen LogP contribution in [0.25, 0.3) is 5.65 Å². The number of imidazole rings is 1. The Morgan fingerprint density at radius 3 is 3.05 bits per heavy atom. The average Bonchev–Trinajstić information content (AvgIpc) is 3.25. The summed E-state index contributed by atoms with van der Waals surface area (Å²) in [5, 5.41) is 3.44. The smallest absolute Gasteiger partial charge is 0.181 e. The fourth-order valence-corrected chi connectivity index (χ4v) is 2.72. The van der Waals surface area contributed by atoms with Gasteiger partial charge in [0.2, 0.25) is 0 Å². The number of hydrogen-bond acceptors (Lipinski definition) is 4. The maximum Gasteiger partial charge on any atom is 0.181 e. The van der Waals surface area contributed by atoms with Crippen LogP contribution in [0, 0.1) is 6.92 Å². The number of rotatable bonds is 8. The highest BCUT2D eigenvalue weighted by atomic mass is 16.5. The van der Waals surface area contributed by atoms with E-state index in [1.54, 1.807) is 0 Å². The summed E-state index contributed by atoms with van der Waals surface area (Å²) in [6, 6.07) is 4.48. The van der Waals surface area contributed by atoms with Gasteiger partial charge >= 0.3 is 0 Å². The Morgan fingerprint density at radius 1 is 1.50 bits per heavy atom. The number of carbonyl (C=O) groups excluding carboxylic acids is 1. The second-order valence-electron chi connectivity index (χ2n) is 5.80. The first-order chi connectivity index (χ1) is 10.7. The number of fused-ring (bicyclic) bond motifs is 1. The molecule has 2 aromatic heterocycles. The van der Waals surface area contributed by atoms with Gasteiger partial charge in [0, 0.05) is 18.7 Å². The molecule has 1 N–H and O–H groups in total. The van der Waals surface area contributed by atoms with Gasteiger partial charge in [-0.3, -0.25) is 9.20 Å². The van der Waals surface area contributed by atoms with Crippen molar-refractivity contribution in [3.63, 3.8) is 0 Å². The van der Waals surface area contributed by atoms with Gasteiger partial charge in [0.25, 0.3) is 0 Å². The van der Waals surface area contributed by atoms with Crippen molar-refractivity contribution in [3.05, 3.63) is 29.7 Å². The standard InChI is InChI=1S/C17H23N3O2/c1-3-22-15-7-5-11-20-16(12(2)19-17(15)20)14(21)6-4-10-18-13-8-9-13/h5,7,11,13,18H,3-4,6,8-10H2,1-2H3. The SMILES string of the molecule is CCOc1cccn2c(C(=O)CCCNC3CC3)c(C)nc12. The zero-order valence-corrected chi connectivity index (χ0v) is 13.3. The first kappa shape index (κ1) is 15.0. The van der Waals surface area contributed by atoms with Gasteiger partial charge in [0.15, 0.2) is 17.2 Å². The van der Waals surface area contributed by atoms with Crippen LogP contribution in [0.2, 0.25) is 0 Å². The molecule has 5 heteroatoms. The lowest BCUT2D eigenvalue weighted by atomic mass is 10.1. The number of ketones is 1. The first-order valence-electron chi connectivity index (χ1n) is 8.07. The van der Waals surface area contributed by atoms with Gasteiger partial charge in [-0.15, -0.1) is 0 Å². The fraction of sp³-hybridized carbons (Fsp3) is 0.529. The molecule has 3 rings (SSSR count). The van der Waals surface area contributed by atoms with Crippen molar-refractivity contribution in [1.82, 2.24) is 14.7 Å². The lowest BCUT2D eigenvalue weighted by Gasteiger charge is -2.06. The minimum absolute atomic E-state index is 0.149. The van der Waals surface area contributed by atoms with Crippen LogP contribution in [0.3, 0.4) is 0 Å². The van der Waals surface area contributed by atoms with Gasteiger partial charge in [-0.05, 0) is 51.8 Å². The van der Waals surface area contributed by atoms with Crippen LogP contribution in [0.15, 0.2) is 18.3 Å². The topological polar surface area (TPSA) is 55.6 Å². The second kappa shape index (κ2) is 6.48. The zero-order chi connectivity index (χ0) is 15.5. The third-order valence-corrected chi connectivity index (χ3v) is 3.94. The zero-order valence-electron chi connectivity index (χ0n) is 13.3. The first-order valence-corrected chi connectivity index (χ1v) is 8.07. The molecule has 22 heavy (non-hydrogen) atoms. The maximum atomic E-state index is 12.5. The fourth-order valence-electron chi connectivity index (χ4n) is 2.72. The number of ether oxygens (including phenoxy) is 1. The summed E-state index contributed by atoms with van der Waals surface area (Å²) < 4.78 is 7.45. The van der Waals surface area contributed by atoms with Crippen LogP contribution < -0.4 is 10.1 Å². The van der Waals surface area contributed by atoms with Crippen molar-refractivity contribution >= 4 is 11.4 Å². The predicted molar refractivity (Wildman–Crippen MR) is 85.7 cm³/mol. The van der Waals surface area contributed by atoms with E-state index in [1.807, 2.05) is 36.6 Å². The molecule has 2 heterocycles. The Balaban J connectivity index is 1.75. The van der Waals surface area contributed by atoms with Crippen molar-refractivity contribution in [2.45, 2.75) is 45.6 Å². The van der Waals surface area contributed by atoms with Gasteiger partial charge in [-0.1, -0.05) is 0 Å². The molecule has 1 saturated carbocycles. The second-order valence-corrected chi connectivity index (χ2v) is 5.80. The normalized spacial score (nSPS) is 14.5. The Morgan fingerprint density at radius 2 is 2.32 bits per heavy atom. The van der Waals surface area contributed by atoms with Gasteiger partial charge in [0.05, 0.1) is 12.3 Å². The van der Waals surface area contributed by atoms with E-state index in [0.29, 0.717) is 24.8 Å². The number of aryl methyl sites for hydroxylation is 1. The summed E-state index contributed by atoms with van der Waals surface area (Å²) in [7, 11) is 0. The molecule has 1 fully saturated rings. The largest absolute Gasteiger partial charge is 0.490 e. The minimum Gasteiger partial charge on any atom is -0.490 e. The molecule has 0 aromatic carbocycles. The highest BCUT2D eigenvalue weighted by Crippen LogP contribution is 2.23. The molecule has 0 radical (unpaired) electrons. The quantitative estimate of drug-likeness (QED) is 0.602. The summed E-state index contributed by atoms with van der Waals surface area (Å²) in [6.07, 6.45) is 5.86. The summed E-state index contributed by atoms with van der Waals surface area (Å²) in [5.74, 6) is 0.874. The Bertz CT molecular complexity index is 674. The van der Waals surface area contributed by atoms with Crippen LogP contribution in [-0.2, 0) is 0 Å². The number of hydrogen-bond donors (Lipinski definition) is 1. The van der Waals surface area contributed by atoms with Crippen molar-refractivity contribution < 1.29 is 9.53 Å². The molecule has 0 saturated heterocycles. The third-order valence-electron chi connectivity index (χ3n) is 3.94. The van der Waals surface area contributed by atoms with Crippen LogP contribution in [0.1, 0.15) is 48.8 Å². The number of carbonyl (C=O) groups is 1. The highest BCUT2D eigenvalue weighted by Gasteiger charge is 2.21. The van der Waals surface area contributed by atoms with Crippen molar-refractivity contribution in [2.24, 2.45) is 0 Å². The molecular weight excluding hydrogens is 278 g/mol. The molecule has 1 aliphatic carbocycles. The summed E-state index contributed by atoms with van der Waals surface area (Å²) in [6.45, 7) is 5.33. The van der Waals surface area contributed by atoms with E-state index in [-0.39, 0.29) is 5.78 Å². The number of aromatic nitrogens is 2. The Labute approximate surface area is 130 Å². The number of pyridine rings is 1. The van der Waals surface area contributed by atoms with Gasteiger partial charge < -0.3 is 10.1 Å². The predicted octanol–water partition coefficient (Wildman–Crippen LogP) is 2.76. The van der Waals surface area contributed by atoms with Gasteiger partial charge in [-0.2, -0.15) is 0 Å². The maximum absolute atomic E-state index is 12.5. The highest BCUT2D eigenvalue weighted by molar-refractivity contribution is 5.96. The molecule has 0 atom stereocenters. The molecule has 2 aromatic rings. The minimum atomic E-state index is 0.149. The summed E-state index contributed by atoms with van der Waals surface area (Å²) in [5.41, 5.74) is 2.18. The van der Waals surface area contributed by atoms with Crippen LogP contribution in [0.5, 0.6) is 5.75 Å². The monoisotopic (exact) mass is 301 g/mol. The lowest BCUT2D eigenvalue weighted by molar-refractivity contribution is 0.0973. The summed E-state index contributed by atoms with van der Waals surface area (Å²) >= 11 is 0. The van der Waals surface area contributed by atoms with E-state index < -0.39 is 0 Å². The molecule has 118 valence electrons. The van der Waals surface area contributed by atoms with E-state index in [2.05, 4.69) is 10.3 Å². The molecule has 0 unspecified atom stereocenters. The third kappa shape index (κ3) is 3.14. The molecule has 0 aliphatic heterocycles. The molecule has 0 spiro atoms. The molecule has 0 bridgehead atoms. The molecule has 1 aliphatic rings. The Hall–Kier alpha value is -1.88. The molecule has 0 amide bonds. The number of Topliss-reactive ketones (excluding diaryl/α,β-unsaturated/α-hetero) is 1.